The fraction of sp³-hybridized carbons (Fsp3) is 0.556. The topological polar surface area (TPSA) is 68.3 Å². The van der Waals surface area contributed by atoms with E-state index in [-0.39, 0.29) is 5.75 Å². The van der Waals surface area contributed by atoms with Crippen molar-refractivity contribution in [3.8, 4) is 0 Å². The minimum absolute atomic E-state index is 0.0188. The Morgan fingerprint density at radius 2 is 2.19 bits per heavy atom. The number of rotatable bonds is 5. The standard InChI is InChI=1S/C9H16BrN3O2S/c1-12(3-4-16(11,14)15)7-9-5-8(10)6-13(9)2/h5-6H,3-4,7H2,1-2H3,(H2,11,14,15). The first-order valence-corrected chi connectivity index (χ1v) is 7.28. The van der Waals surface area contributed by atoms with E-state index in [1.807, 2.05) is 35.8 Å². The summed E-state index contributed by atoms with van der Waals surface area (Å²) >= 11 is 3.39. The molecule has 0 aliphatic carbocycles. The molecule has 0 spiro atoms. The van der Waals surface area contributed by atoms with Crippen molar-refractivity contribution >= 4 is 26.0 Å². The number of hydrogen-bond acceptors (Lipinski definition) is 3. The SMILES string of the molecule is CN(CCS(N)(=O)=O)Cc1cc(Br)cn1C. The zero-order valence-corrected chi connectivity index (χ0v) is 11.8. The van der Waals surface area contributed by atoms with Crippen LogP contribution < -0.4 is 5.14 Å². The number of aromatic nitrogens is 1. The molecule has 1 rings (SSSR count). The number of hydrogen-bond donors (Lipinski definition) is 1. The van der Waals surface area contributed by atoms with Crippen LogP contribution in [0.15, 0.2) is 16.7 Å². The normalized spacial score (nSPS) is 12.3. The summed E-state index contributed by atoms with van der Waals surface area (Å²) in [4.78, 5) is 1.92. The Morgan fingerprint density at radius 1 is 1.56 bits per heavy atom. The summed E-state index contributed by atoms with van der Waals surface area (Å²) in [5, 5.41) is 4.94. The second kappa shape index (κ2) is 5.31. The zero-order valence-electron chi connectivity index (χ0n) is 9.35. The lowest BCUT2D eigenvalue weighted by atomic mass is 10.4. The summed E-state index contributed by atoms with van der Waals surface area (Å²) in [6.07, 6.45) is 1.96. The summed E-state index contributed by atoms with van der Waals surface area (Å²) in [7, 11) is 0.445. The fourth-order valence-corrected chi connectivity index (χ4v) is 2.50. The van der Waals surface area contributed by atoms with Crippen LogP contribution in [0.1, 0.15) is 5.69 Å². The lowest BCUT2D eigenvalue weighted by molar-refractivity contribution is 0.337. The maximum atomic E-state index is 10.8. The van der Waals surface area contributed by atoms with Crippen LogP contribution in [0, 0.1) is 0 Å². The summed E-state index contributed by atoms with van der Waals surface area (Å²) in [6.45, 7) is 1.12. The predicted octanol–water partition coefficient (Wildman–Crippen LogP) is 0.508. The van der Waals surface area contributed by atoms with Gasteiger partial charge in [0.1, 0.15) is 0 Å². The Morgan fingerprint density at radius 3 is 2.62 bits per heavy atom. The smallest absolute Gasteiger partial charge is 0.210 e. The molecule has 7 heteroatoms. The zero-order chi connectivity index (χ0) is 12.3. The fourth-order valence-electron chi connectivity index (χ4n) is 1.36. The van der Waals surface area contributed by atoms with Gasteiger partial charge in [-0.05, 0) is 29.0 Å². The Balaban J connectivity index is 2.52. The molecular formula is C9H16BrN3O2S. The van der Waals surface area contributed by atoms with Crippen molar-refractivity contribution < 1.29 is 8.42 Å². The molecule has 0 amide bonds. The molecule has 92 valence electrons. The second-order valence-electron chi connectivity index (χ2n) is 3.87. The molecule has 0 aliphatic rings. The van der Waals surface area contributed by atoms with Crippen molar-refractivity contribution in [3.63, 3.8) is 0 Å². The molecule has 1 aromatic heterocycles. The molecule has 5 nitrogen and oxygen atoms in total. The first-order chi connectivity index (χ1) is 7.28. The predicted molar refractivity (Wildman–Crippen MR) is 67.4 cm³/mol. The van der Waals surface area contributed by atoms with Gasteiger partial charge in [0.15, 0.2) is 0 Å². The van der Waals surface area contributed by atoms with Crippen LogP contribution in [-0.2, 0) is 23.6 Å². The Labute approximate surface area is 104 Å². The highest BCUT2D eigenvalue weighted by atomic mass is 79.9. The van der Waals surface area contributed by atoms with Crippen LogP contribution in [0.3, 0.4) is 0 Å². The summed E-state index contributed by atoms with van der Waals surface area (Å²) in [5.41, 5.74) is 1.11. The van der Waals surface area contributed by atoms with Crippen molar-refractivity contribution in [1.29, 1.82) is 0 Å². The largest absolute Gasteiger partial charge is 0.352 e. The summed E-state index contributed by atoms with van der Waals surface area (Å²) < 4.78 is 24.6. The maximum Gasteiger partial charge on any atom is 0.210 e. The lowest BCUT2D eigenvalue weighted by Gasteiger charge is -2.16. The third kappa shape index (κ3) is 4.65. The van der Waals surface area contributed by atoms with E-state index in [1.54, 1.807) is 0 Å². The van der Waals surface area contributed by atoms with E-state index in [0.29, 0.717) is 13.1 Å². The van der Waals surface area contributed by atoms with Gasteiger partial charge in [-0.1, -0.05) is 0 Å². The van der Waals surface area contributed by atoms with Crippen molar-refractivity contribution in [3.05, 3.63) is 22.4 Å². The van der Waals surface area contributed by atoms with E-state index in [1.165, 1.54) is 0 Å². The van der Waals surface area contributed by atoms with Crippen molar-refractivity contribution in [2.24, 2.45) is 12.2 Å². The van der Waals surface area contributed by atoms with Gasteiger partial charge in [-0.25, -0.2) is 13.6 Å². The van der Waals surface area contributed by atoms with Gasteiger partial charge in [0, 0.05) is 36.5 Å². The van der Waals surface area contributed by atoms with E-state index < -0.39 is 10.0 Å². The van der Waals surface area contributed by atoms with Gasteiger partial charge in [-0.15, -0.1) is 0 Å². The van der Waals surface area contributed by atoms with E-state index >= 15 is 0 Å². The molecule has 0 atom stereocenters. The Kier molecular flexibility index (Phi) is 4.54. The van der Waals surface area contributed by atoms with Crippen LogP contribution in [0.5, 0.6) is 0 Å². The van der Waals surface area contributed by atoms with Gasteiger partial charge in [0.2, 0.25) is 10.0 Å². The molecule has 16 heavy (non-hydrogen) atoms. The Bertz CT molecular complexity index is 455. The van der Waals surface area contributed by atoms with Crippen LogP contribution >= 0.6 is 15.9 Å². The summed E-state index contributed by atoms with van der Waals surface area (Å²) in [5.74, 6) is -0.0188. The first kappa shape index (κ1) is 13.7. The molecule has 1 aromatic rings. The molecule has 1 heterocycles. The first-order valence-electron chi connectivity index (χ1n) is 4.77. The average Bonchev–Trinajstić information content (AvgIpc) is 2.41. The third-order valence-electron chi connectivity index (χ3n) is 2.26. The minimum atomic E-state index is -3.37. The van der Waals surface area contributed by atoms with Crippen LogP contribution in [-0.4, -0.2) is 37.2 Å². The number of nitrogens with two attached hydrogens (primary N) is 1. The highest BCUT2D eigenvalue weighted by molar-refractivity contribution is 9.10. The van der Waals surface area contributed by atoms with E-state index in [4.69, 9.17) is 5.14 Å². The number of nitrogens with zero attached hydrogens (tertiary/aromatic N) is 2. The van der Waals surface area contributed by atoms with Gasteiger partial charge in [0.05, 0.1) is 5.75 Å². The molecule has 2 N–H and O–H groups in total. The van der Waals surface area contributed by atoms with Gasteiger partial charge in [0.25, 0.3) is 0 Å². The van der Waals surface area contributed by atoms with Crippen molar-refractivity contribution in [1.82, 2.24) is 9.47 Å². The highest BCUT2D eigenvalue weighted by Crippen LogP contribution is 2.14. The van der Waals surface area contributed by atoms with Crippen molar-refractivity contribution in [2.75, 3.05) is 19.3 Å². The van der Waals surface area contributed by atoms with E-state index in [9.17, 15) is 8.42 Å². The molecule has 0 radical (unpaired) electrons. The molecule has 0 aromatic carbocycles. The van der Waals surface area contributed by atoms with E-state index in [0.717, 1.165) is 10.2 Å². The third-order valence-corrected chi connectivity index (χ3v) is 3.45. The average molecular weight is 310 g/mol. The number of halogens is 1. The van der Waals surface area contributed by atoms with Gasteiger partial charge in [-0.3, -0.25) is 4.90 Å². The van der Waals surface area contributed by atoms with E-state index in [2.05, 4.69) is 15.9 Å². The van der Waals surface area contributed by atoms with Crippen LogP contribution in [0.4, 0.5) is 0 Å². The van der Waals surface area contributed by atoms with Gasteiger partial charge < -0.3 is 4.57 Å². The molecule has 0 saturated heterocycles. The number of primary sulfonamides is 1. The maximum absolute atomic E-state index is 10.8. The highest BCUT2D eigenvalue weighted by Gasteiger charge is 2.08. The van der Waals surface area contributed by atoms with Gasteiger partial charge >= 0.3 is 0 Å². The van der Waals surface area contributed by atoms with Crippen molar-refractivity contribution in [2.45, 2.75) is 6.54 Å². The molecule has 0 bridgehead atoms. The monoisotopic (exact) mass is 309 g/mol. The summed E-state index contributed by atoms with van der Waals surface area (Å²) in [6, 6.07) is 2.01. The molecule has 0 saturated carbocycles. The quantitative estimate of drug-likeness (QED) is 0.861. The van der Waals surface area contributed by atoms with Crippen LogP contribution in [0.2, 0.25) is 0 Å². The molecule has 0 aliphatic heterocycles. The Hall–Kier alpha value is -0.370. The number of sulfonamides is 1. The molecule has 0 unspecified atom stereocenters. The lowest BCUT2D eigenvalue weighted by Crippen LogP contribution is -2.29. The molecule has 0 fully saturated rings. The second-order valence-corrected chi connectivity index (χ2v) is 6.51. The van der Waals surface area contributed by atoms with Gasteiger partial charge in [-0.2, -0.15) is 0 Å². The molecular weight excluding hydrogens is 294 g/mol. The minimum Gasteiger partial charge on any atom is -0.352 e. The number of aryl methyl sites for hydroxylation is 1. The van der Waals surface area contributed by atoms with Crippen LogP contribution in [0.25, 0.3) is 0 Å².